The van der Waals surface area contributed by atoms with Crippen molar-refractivity contribution in [3.05, 3.63) is 52.3 Å². The van der Waals surface area contributed by atoms with E-state index in [9.17, 15) is 17.2 Å². The Bertz CT molecular complexity index is 946. The zero-order valence-corrected chi connectivity index (χ0v) is 16.2. The fourth-order valence-electron chi connectivity index (χ4n) is 2.97. The number of ether oxygens (including phenoxy) is 1. The van der Waals surface area contributed by atoms with Gasteiger partial charge in [0.15, 0.2) is 9.84 Å². The Morgan fingerprint density at radius 2 is 2.00 bits per heavy atom. The van der Waals surface area contributed by atoms with Crippen LogP contribution < -0.4 is 0 Å². The van der Waals surface area contributed by atoms with Crippen molar-refractivity contribution in [2.24, 2.45) is 0 Å². The van der Waals surface area contributed by atoms with Crippen LogP contribution in [-0.2, 0) is 27.4 Å². The molecule has 146 valence electrons. The number of aromatic nitrogens is 1. The van der Waals surface area contributed by atoms with Crippen LogP contribution in [0.4, 0.5) is 8.78 Å². The van der Waals surface area contributed by atoms with E-state index < -0.39 is 22.6 Å². The van der Waals surface area contributed by atoms with Gasteiger partial charge in [-0.15, -0.1) is 0 Å². The molecule has 1 aliphatic carbocycles. The van der Waals surface area contributed by atoms with E-state index in [2.05, 4.69) is 15.8 Å². The minimum absolute atomic E-state index is 0.267. The fourth-order valence-corrected chi connectivity index (χ4v) is 3.92. The van der Waals surface area contributed by atoms with Gasteiger partial charge in [0.05, 0.1) is 22.6 Å². The topological polar surface area (TPSA) is 82.9 Å². The van der Waals surface area contributed by atoms with Gasteiger partial charge in [-0.1, -0.05) is 6.07 Å². The van der Waals surface area contributed by atoms with Crippen LogP contribution in [0.15, 0.2) is 29.3 Å². The van der Waals surface area contributed by atoms with Crippen molar-refractivity contribution in [3.8, 4) is 6.07 Å². The Labute approximate surface area is 157 Å². The molecule has 0 spiro atoms. The second-order valence-electron chi connectivity index (χ2n) is 6.55. The lowest BCUT2D eigenvalue weighted by Gasteiger charge is -2.22. The Kier molecular flexibility index (Phi) is 6.73. The summed E-state index contributed by atoms with van der Waals surface area (Å²) >= 11 is 0. The molecule has 1 aromatic heterocycles. The van der Waals surface area contributed by atoms with Gasteiger partial charge in [-0.3, -0.25) is 0 Å². The SMILES string of the molecule is CS(=O)(=O)c1c[nH]c2c1CCC(OC(F)F)C2.Cc1ccc(C#N)cc1C. The summed E-state index contributed by atoms with van der Waals surface area (Å²) in [7, 11) is -3.26. The first kappa shape index (κ1) is 21.1. The van der Waals surface area contributed by atoms with Crippen molar-refractivity contribution in [3.63, 3.8) is 0 Å². The number of rotatable bonds is 3. The monoisotopic (exact) mass is 396 g/mol. The Balaban J connectivity index is 0.000000223. The van der Waals surface area contributed by atoms with E-state index in [-0.39, 0.29) is 4.90 Å². The summed E-state index contributed by atoms with van der Waals surface area (Å²) in [6.45, 7) is 1.26. The van der Waals surface area contributed by atoms with Gasteiger partial charge in [0, 0.05) is 24.6 Å². The first-order valence-electron chi connectivity index (χ1n) is 8.42. The Hall–Kier alpha value is -2.24. The van der Waals surface area contributed by atoms with Crippen molar-refractivity contribution in [1.29, 1.82) is 5.26 Å². The molecule has 8 heteroatoms. The minimum Gasteiger partial charge on any atom is -0.363 e. The average Bonchev–Trinajstić information content (AvgIpc) is 3.01. The standard InChI is InChI=1S/C10H13F2NO3S.C9H9N/c1-17(14,15)9-5-13-8-4-6(16-10(11)12)2-3-7(8)9;1-7-3-4-9(6-10)5-8(7)2/h5-6,10,13H,2-4H2,1H3;3-5H,1-2H3. The van der Waals surface area contributed by atoms with E-state index in [4.69, 9.17) is 5.26 Å². The van der Waals surface area contributed by atoms with Crippen molar-refractivity contribution < 1.29 is 21.9 Å². The zero-order valence-electron chi connectivity index (χ0n) is 15.4. The molecule has 0 fully saturated rings. The summed E-state index contributed by atoms with van der Waals surface area (Å²) in [5, 5.41) is 8.50. The summed E-state index contributed by atoms with van der Waals surface area (Å²) in [4.78, 5) is 3.10. The van der Waals surface area contributed by atoms with Gasteiger partial charge in [-0.25, -0.2) is 8.42 Å². The highest BCUT2D eigenvalue weighted by Gasteiger charge is 2.27. The third-order valence-electron chi connectivity index (χ3n) is 4.52. The molecule has 5 nitrogen and oxygen atoms in total. The van der Waals surface area contributed by atoms with Crippen LogP contribution in [0.5, 0.6) is 0 Å². The number of aryl methyl sites for hydroxylation is 2. The molecular formula is C19H22F2N2O3S. The van der Waals surface area contributed by atoms with Crippen LogP contribution in [0.1, 0.15) is 34.4 Å². The molecule has 2 aromatic rings. The molecule has 0 bridgehead atoms. The number of nitrogens with one attached hydrogen (secondary N) is 1. The van der Waals surface area contributed by atoms with Gasteiger partial charge in [0.1, 0.15) is 0 Å². The van der Waals surface area contributed by atoms with Gasteiger partial charge in [-0.05, 0) is 55.5 Å². The van der Waals surface area contributed by atoms with Gasteiger partial charge in [0.25, 0.3) is 0 Å². The first-order chi connectivity index (χ1) is 12.6. The van der Waals surface area contributed by atoms with Crippen LogP contribution in [0.2, 0.25) is 0 Å². The Morgan fingerprint density at radius 3 is 2.56 bits per heavy atom. The number of sulfone groups is 1. The molecule has 0 aliphatic heterocycles. The van der Waals surface area contributed by atoms with E-state index in [0.29, 0.717) is 30.5 Å². The molecule has 1 aliphatic rings. The number of aromatic amines is 1. The van der Waals surface area contributed by atoms with Crippen LogP contribution in [0, 0.1) is 25.2 Å². The molecule has 0 saturated heterocycles. The highest BCUT2D eigenvalue weighted by Crippen LogP contribution is 2.29. The maximum absolute atomic E-state index is 12.1. The van der Waals surface area contributed by atoms with Crippen LogP contribution >= 0.6 is 0 Å². The van der Waals surface area contributed by atoms with Gasteiger partial charge >= 0.3 is 6.61 Å². The number of alkyl halides is 2. The summed E-state index contributed by atoms with van der Waals surface area (Å²) < 4.78 is 51.5. The number of nitrogens with zero attached hydrogens (tertiary/aromatic N) is 1. The highest BCUT2D eigenvalue weighted by atomic mass is 32.2. The predicted molar refractivity (Wildman–Crippen MR) is 97.4 cm³/mol. The summed E-state index contributed by atoms with van der Waals surface area (Å²) in [5.41, 5.74) is 4.55. The number of hydrogen-bond acceptors (Lipinski definition) is 4. The van der Waals surface area contributed by atoms with Crippen molar-refractivity contribution in [1.82, 2.24) is 4.98 Å². The quantitative estimate of drug-likeness (QED) is 0.858. The fraction of sp³-hybridized carbons (Fsp3) is 0.421. The lowest BCUT2D eigenvalue weighted by Crippen LogP contribution is -2.25. The highest BCUT2D eigenvalue weighted by molar-refractivity contribution is 7.90. The maximum atomic E-state index is 12.1. The van der Waals surface area contributed by atoms with Crippen molar-refractivity contribution in [2.75, 3.05) is 6.26 Å². The normalized spacial score (nSPS) is 16.3. The van der Waals surface area contributed by atoms with Crippen molar-refractivity contribution in [2.45, 2.75) is 50.7 Å². The zero-order chi connectivity index (χ0) is 20.2. The molecule has 27 heavy (non-hydrogen) atoms. The average molecular weight is 396 g/mol. The number of halogens is 2. The number of fused-ring (bicyclic) bond motifs is 1. The van der Waals surface area contributed by atoms with E-state index in [1.54, 1.807) is 0 Å². The van der Waals surface area contributed by atoms with E-state index in [1.165, 1.54) is 17.3 Å². The maximum Gasteiger partial charge on any atom is 0.345 e. The molecule has 1 aromatic carbocycles. The number of benzene rings is 1. The number of hydrogen-bond donors (Lipinski definition) is 1. The number of H-pyrrole nitrogens is 1. The van der Waals surface area contributed by atoms with Crippen LogP contribution in [0.3, 0.4) is 0 Å². The lowest BCUT2D eigenvalue weighted by atomic mass is 9.95. The largest absolute Gasteiger partial charge is 0.363 e. The first-order valence-corrected chi connectivity index (χ1v) is 10.3. The smallest absolute Gasteiger partial charge is 0.345 e. The third kappa shape index (κ3) is 5.62. The summed E-state index contributed by atoms with van der Waals surface area (Å²) in [6.07, 6.45) is 3.17. The van der Waals surface area contributed by atoms with E-state index in [1.807, 2.05) is 32.0 Å². The second kappa shape index (κ2) is 8.63. The van der Waals surface area contributed by atoms with Gasteiger partial charge < -0.3 is 9.72 Å². The molecule has 0 saturated carbocycles. The van der Waals surface area contributed by atoms with Gasteiger partial charge in [0.2, 0.25) is 0 Å². The van der Waals surface area contributed by atoms with E-state index >= 15 is 0 Å². The molecular weight excluding hydrogens is 374 g/mol. The molecule has 1 atom stereocenters. The molecule has 1 heterocycles. The molecule has 1 unspecified atom stereocenters. The predicted octanol–water partition coefficient (Wildman–Crippen LogP) is 3.69. The molecule has 3 rings (SSSR count). The molecule has 1 N–H and O–H groups in total. The minimum atomic E-state index is -3.26. The number of nitriles is 1. The van der Waals surface area contributed by atoms with Crippen molar-refractivity contribution >= 4 is 9.84 Å². The molecule has 0 amide bonds. The van der Waals surface area contributed by atoms with Crippen LogP contribution in [0.25, 0.3) is 0 Å². The van der Waals surface area contributed by atoms with E-state index in [0.717, 1.165) is 11.8 Å². The third-order valence-corrected chi connectivity index (χ3v) is 5.68. The summed E-state index contributed by atoms with van der Waals surface area (Å²) in [6, 6.07) is 7.79. The van der Waals surface area contributed by atoms with Crippen LogP contribution in [-0.4, -0.2) is 32.4 Å². The molecule has 0 radical (unpaired) electrons. The second-order valence-corrected chi connectivity index (χ2v) is 8.54. The lowest BCUT2D eigenvalue weighted by molar-refractivity contribution is -0.164. The summed E-state index contributed by atoms with van der Waals surface area (Å²) in [5.74, 6) is 0. The Morgan fingerprint density at radius 1 is 1.30 bits per heavy atom. The van der Waals surface area contributed by atoms with Gasteiger partial charge in [-0.2, -0.15) is 14.0 Å².